The average Bonchev–Trinajstić information content (AvgIpc) is 2.34. The smallest absolute Gasteiger partial charge is 0.398 e. The van der Waals surface area contributed by atoms with Gasteiger partial charge >= 0.3 is 7.12 Å². The molecule has 1 aliphatic carbocycles. The van der Waals surface area contributed by atoms with Crippen molar-refractivity contribution in [2.75, 3.05) is 0 Å². The molecule has 0 aromatic carbocycles. The Labute approximate surface area is 104 Å². The molecule has 0 N–H and O–H groups in total. The van der Waals surface area contributed by atoms with Crippen LogP contribution in [-0.2, 0) is 9.31 Å². The Balaban J connectivity index is 2.23. The van der Waals surface area contributed by atoms with Crippen LogP contribution in [0.25, 0.3) is 0 Å². The van der Waals surface area contributed by atoms with Crippen molar-refractivity contribution in [3.63, 3.8) is 0 Å². The van der Waals surface area contributed by atoms with Crippen LogP contribution in [0.4, 0.5) is 4.39 Å². The first-order chi connectivity index (χ1) is 7.57. The zero-order valence-corrected chi connectivity index (χ0v) is 11.7. The lowest BCUT2D eigenvalue weighted by Crippen LogP contribution is -2.41. The molecule has 0 amide bonds. The van der Waals surface area contributed by atoms with Crippen LogP contribution in [0.2, 0.25) is 0 Å². The van der Waals surface area contributed by atoms with E-state index in [-0.39, 0.29) is 11.1 Å². The van der Waals surface area contributed by atoms with Gasteiger partial charge in [0.2, 0.25) is 0 Å². The summed E-state index contributed by atoms with van der Waals surface area (Å²) in [6.07, 6.45) is 1.86. The van der Waals surface area contributed by atoms with Gasteiger partial charge in [-0.25, -0.2) is 4.39 Å². The summed E-state index contributed by atoms with van der Waals surface area (Å²) in [5, 5.41) is 0. The zero-order valence-electron chi connectivity index (χ0n) is 11.7. The number of rotatable bonds is 1. The topological polar surface area (TPSA) is 18.5 Å². The fourth-order valence-corrected chi connectivity index (χ4v) is 2.28. The highest BCUT2D eigenvalue weighted by Crippen LogP contribution is 2.49. The maximum absolute atomic E-state index is 14.4. The standard InChI is InChI=1S/C13H22BFO2/c1-11(2)8-7-9(11)10(15)14-16-12(3,4)13(5,6)17-14/h7-8H2,1-6H3. The first-order valence-electron chi connectivity index (χ1n) is 6.31. The molecule has 0 atom stereocenters. The van der Waals surface area contributed by atoms with E-state index < -0.39 is 18.3 Å². The monoisotopic (exact) mass is 240 g/mol. The predicted octanol–water partition coefficient (Wildman–Crippen LogP) is 3.66. The number of hydrogen-bond donors (Lipinski definition) is 0. The molecule has 1 saturated heterocycles. The van der Waals surface area contributed by atoms with E-state index in [4.69, 9.17) is 9.31 Å². The molecular weight excluding hydrogens is 218 g/mol. The first kappa shape index (κ1) is 13.1. The van der Waals surface area contributed by atoms with Crippen LogP contribution < -0.4 is 0 Å². The first-order valence-corrected chi connectivity index (χ1v) is 6.31. The van der Waals surface area contributed by atoms with Crippen LogP contribution in [0.3, 0.4) is 0 Å². The summed E-state index contributed by atoms with van der Waals surface area (Å²) < 4.78 is 25.8. The van der Waals surface area contributed by atoms with Crippen LogP contribution >= 0.6 is 0 Å². The second-order valence-corrected chi connectivity index (χ2v) is 6.80. The molecule has 0 spiro atoms. The van der Waals surface area contributed by atoms with E-state index >= 15 is 0 Å². The fraction of sp³-hybridized carbons (Fsp3) is 0.846. The molecule has 2 fully saturated rings. The SMILES string of the molecule is CC1(C)CCC1=C(F)B1OC(C)(C)C(C)(C)O1. The molecule has 17 heavy (non-hydrogen) atoms. The second-order valence-electron chi connectivity index (χ2n) is 6.80. The molecular formula is C13H22BFO2. The van der Waals surface area contributed by atoms with Crippen molar-refractivity contribution in [2.24, 2.45) is 5.41 Å². The fourth-order valence-electron chi connectivity index (χ4n) is 2.28. The molecule has 1 heterocycles. The zero-order chi connectivity index (χ0) is 13.1. The van der Waals surface area contributed by atoms with Gasteiger partial charge in [0.25, 0.3) is 0 Å². The highest BCUT2D eigenvalue weighted by molar-refractivity contribution is 6.54. The molecule has 2 nitrogen and oxygen atoms in total. The van der Waals surface area contributed by atoms with Gasteiger partial charge in [-0.15, -0.1) is 0 Å². The minimum Gasteiger partial charge on any atom is -0.398 e. The van der Waals surface area contributed by atoms with Gasteiger partial charge in [0, 0.05) is 0 Å². The van der Waals surface area contributed by atoms with Crippen molar-refractivity contribution in [3.05, 3.63) is 11.3 Å². The van der Waals surface area contributed by atoms with E-state index in [1.165, 1.54) is 0 Å². The Morgan fingerprint density at radius 1 is 1.06 bits per heavy atom. The third-order valence-electron chi connectivity index (χ3n) is 4.57. The van der Waals surface area contributed by atoms with E-state index in [0.29, 0.717) is 0 Å². The van der Waals surface area contributed by atoms with Gasteiger partial charge in [-0.2, -0.15) is 0 Å². The summed E-state index contributed by atoms with van der Waals surface area (Å²) in [6, 6.07) is 0. The summed E-state index contributed by atoms with van der Waals surface area (Å²) in [7, 11) is -0.824. The van der Waals surface area contributed by atoms with E-state index in [9.17, 15) is 4.39 Å². The van der Waals surface area contributed by atoms with Gasteiger partial charge in [0.15, 0.2) is 0 Å². The third kappa shape index (κ3) is 1.95. The Morgan fingerprint density at radius 3 is 1.82 bits per heavy atom. The van der Waals surface area contributed by atoms with Crippen molar-refractivity contribution >= 4 is 7.12 Å². The van der Waals surface area contributed by atoms with Crippen molar-refractivity contribution in [3.8, 4) is 0 Å². The molecule has 0 aromatic heterocycles. The normalized spacial score (nSPS) is 32.3. The summed E-state index contributed by atoms with van der Waals surface area (Å²) in [5.41, 5.74) is -0.323. The van der Waals surface area contributed by atoms with Crippen molar-refractivity contribution in [2.45, 2.75) is 65.6 Å². The summed E-state index contributed by atoms with van der Waals surface area (Å²) in [6.45, 7) is 11.9. The molecule has 0 bridgehead atoms. The van der Waals surface area contributed by atoms with Crippen LogP contribution in [0, 0.1) is 5.41 Å². The Kier molecular flexibility index (Phi) is 2.76. The second kappa shape index (κ2) is 3.58. The van der Waals surface area contributed by atoms with E-state index in [1.807, 2.05) is 27.7 Å². The van der Waals surface area contributed by atoms with Gasteiger partial charge in [-0.1, -0.05) is 13.8 Å². The van der Waals surface area contributed by atoms with Gasteiger partial charge < -0.3 is 9.31 Å². The highest BCUT2D eigenvalue weighted by Gasteiger charge is 2.54. The van der Waals surface area contributed by atoms with Crippen LogP contribution in [0.15, 0.2) is 11.3 Å². The quantitative estimate of drug-likeness (QED) is 0.651. The predicted molar refractivity (Wildman–Crippen MR) is 67.2 cm³/mol. The lowest BCUT2D eigenvalue weighted by atomic mass is 9.63. The molecule has 0 aromatic rings. The molecule has 4 heteroatoms. The largest absolute Gasteiger partial charge is 0.525 e. The van der Waals surface area contributed by atoms with Gasteiger partial charge in [-0.3, -0.25) is 0 Å². The minimum absolute atomic E-state index is 0.0340. The highest BCUT2D eigenvalue weighted by atomic mass is 19.1. The van der Waals surface area contributed by atoms with Crippen molar-refractivity contribution < 1.29 is 13.7 Å². The maximum atomic E-state index is 14.4. The Bertz CT molecular complexity index is 356. The molecule has 96 valence electrons. The van der Waals surface area contributed by atoms with Gasteiger partial charge in [0.05, 0.1) is 11.2 Å². The van der Waals surface area contributed by atoms with E-state index in [2.05, 4.69) is 13.8 Å². The Morgan fingerprint density at radius 2 is 1.53 bits per heavy atom. The van der Waals surface area contributed by atoms with Crippen molar-refractivity contribution in [1.82, 2.24) is 0 Å². The number of halogens is 1. The summed E-state index contributed by atoms with van der Waals surface area (Å²) >= 11 is 0. The molecule has 2 aliphatic rings. The third-order valence-corrected chi connectivity index (χ3v) is 4.57. The minimum atomic E-state index is -0.824. The van der Waals surface area contributed by atoms with Gasteiger partial charge in [0.1, 0.15) is 5.73 Å². The average molecular weight is 240 g/mol. The summed E-state index contributed by atoms with van der Waals surface area (Å²) in [4.78, 5) is 0. The van der Waals surface area contributed by atoms with Gasteiger partial charge in [-0.05, 0) is 51.5 Å². The number of hydrogen-bond acceptors (Lipinski definition) is 2. The van der Waals surface area contributed by atoms with Crippen LogP contribution in [0.1, 0.15) is 54.4 Å². The molecule has 0 radical (unpaired) electrons. The van der Waals surface area contributed by atoms with Crippen molar-refractivity contribution in [1.29, 1.82) is 0 Å². The van der Waals surface area contributed by atoms with E-state index in [1.54, 1.807) is 0 Å². The summed E-state index contributed by atoms with van der Waals surface area (Å²) in [5.74, 6) is 0. The maximum Gasteiger partial charge on any atom is 0.525 e. The lowest BCUT2D eigenvalue weighted by Gasteiger charge is -2.39. The molecule has 2 rings (SSSR count). The van der Waals surface area contributed by atoms with Crippen LogP contribution in [-0.4, -0.2) is 18.3 Å². The lowest BCUT2D eigenvalue weighted by molar-refractivity contribution is 0.00578. The molecule has 1 saturated carbocycles. The van der Waals surface area contributed by atoms with Crippen LogP contribution in [0.5, 0.6) is 0 Å². The molecule has 1 aliphatic heterocycles. The molecule has 0 unspecified atom stereocenters. The Hall–Kier alpha value is -0.345. The van der Waals surface area contributed by atoms with E-state index in [0.717, 1.165) is 18.4 Å². The number of allylic oxidation sites excluding steroid dienone is 1.